The molecule has 0 amide bonds. The predicted octanol–water partition coefficient (Wildman–Crippen LogP) is 0.746. The standard InChI is InChI=1S/C5H7F3O2/c1-4(2-9,3-10)5(6,7)8/h2,10H,3H2,1H3/t4-/m0/s1. The van der Waals surface area contributed by atoms with Gasteiger partial charge in [-0.15, -0.1) is 0 Å². The average Bonchev–Trinajstić information content (AvgIpc) is 1.84. The Morgan fingerprint density at radius 1 is 1.50 bits per heavy atom. The summed E-state index contributed by atoms with van der Waals surface area (Å²) in [6, 6.07) is 0. The van der Waals surface area contributed by atoms with E-state index >= 15 is 0 Å². The number of aliphatic hydroxyl groups excluding tert-OH is 1. The fourth-order valence-corrected chi connectivity index (χ4v) is 0.194. The second-order valence-corrected chi connectivity index (χ2v) is 2.19. The Bertz CT molecular complexity index is 131. The normalized spacial score (nSPS) is 18.1. The molecule has 0 bridgehead atoms. The third-order valence-electron chi connectivity index (χ3n) is 1.24. The van der Waals surface area contributed by atoms with E-state index in [0.717, 1.165) is 0 Å². The summed E-state index contributed by atoms with van der Waals surface area (Å²) in [7, 11) is 0. The lowest BCUT2D eigenvalue weighted by Crippen LogP contribution is -2.39. The maximum Gasteiger partial charge on any atom is 0.402 e. The van der Waals surface area contributed by atoms with Crippen LogP contribution in [0.15, 0.2) is 0 Å². The van der Waals surface area contributed by atoms with E-state index in [9.17, 15) is 18.0 Å². The van der Waals surface area contributed by atoms with E-state index in [2.05, 4.69) is 0 Å². The first-order valence-corrected chi connectivity index (χ1v) is 2.51. The van der Waals surface area contributed by atoms with Gasteiger partial charge < -0.3 is 9.90 Å². The molecule has 0 spiro atoms. The van der Waals surface area contributed by atoms with E-state index in [1.54, 1.807) is 0 Å². The van der Waals surface area contributed by atoms with Crippen LogP contribution in [0, 0.1) is 5.41 Å². The highest BCUT2D eigenvalue weighted by Crippen LogP contribution is 2.35. The number of carbonyl (C=O) groups excluding carboxylic acids is 1. The highest BCUT2D eigenvalue weighted by Gasteiger charge is 2.50. The van der Waals surface area contributed by atoms with Gasteiger partial charge in [-0.05, 0) is 6.92 Å². The van der Waals surface area contributed by atoms with Gasteiger partial charge in [0.25, 0.3) is 0 Å². The number of halogens is 3. The van der Waals surface area contributed by atoms with Gasteiger partial charge in [-0.3, -0.25) is 0 Å². The van der Waals surface area contributed by atoms with Crippen LogP contribution in [0.5, 0.6) is 0 Å². The lowest BCUT2D eigenvalue weighted by atomic mass is 9.93. The van der Waals surface area contributed by atoms with Gasteiger partial charge in [0.1, 0.15) is 11.7 Å². The number of carbonyl (C=O) groups is 1. The Hall–Kier alpha value is -0.580. The molecule has 0 aliphatic carbocycles. The number of hydrogen-bond acceptors (Lipinski definition) is 2. The Morgan fingerprint density at radius 2 is 1.90 bits per heavy atom. The highest BCUT2D eigenvalue weighted by molar-refractivity contribution is 5.60. The van der Waals surface area contributed by atoms with Crippen molar-refractivity contribution in [1.82, 2.24) is 0 Å². The Labute approximate surface area is 55.7 Å². The largest absolute Gasteiger partial charge is 0.402 e. The van der Waals surface area contributed by atoms with Gasteiger partial charge in [0.2, 0.25) is 0 Å². The zero-order valence-electron chi connectivity index (χ0n) is 5.27. The number of hydrogen-bond donors (Lipinski definition) is 1. The summed E-state index contributed by atoms with van der Waals surface area (Å²) in [5.41, 5.74) is -2.60. The van der Waals surface area contributed by atoms with Crippen LogP contribution in [-0.4, -0.2) is 24.2 Å². The van der Waals surface area contributed by atoms with E-state index < -0.39 is 18.2 Å². The van der Waals surface area contributed by atoms with Crippen molar-refractivity contribution < 1.29 is 23.1 Å². The number of rotatable bonds is 2. The molecule has 1 atom stereocenters. The minimum atomic E-state index is -4.66. The molecule has 0 aliphatic heterocycles. The molecule has 0 saturated carbocycles. The molecule has 0 radical (unpaired) electrons. The fraction of sp³-hybridized carbons (Fsp3) is 0.800. The van der Waals surface area contributed by atoms with Crippen LogP contribution in [0.4, 0.5) is 13.2 Å². The molecule has 5 heteroatoms. The van der Waals surface area contributed by atoms with Gasteiger partial charge in [-0.25, -0.2) is 0 Å². The maximum absolute atomic E-state index is 11.7. The van der Waals surface area contributed by atoms with Gasteiger partial charge in [0.15, 0.2) is 0 Å². The van der Waals surface area contributed by atoms with Crippen LogP contribution in [0.2, 0.25) is 0 Å². The summed E-state index contributed by atoms with van der Waals surface area (Å²) in [5, 5.41) is 8.17. The van der Waals surface area contributed by atoms with Gasteiger partial charge in [0, 0.05) is 0 Å². The van der Waals surface area contributed by atoms with Crippen LogP contribution in [0.1, 0.15) is 6.92 Å². The Morgan fingerprint density at radius 3 is 1.90 bits per heavy atom. The van der Waals surface area contributed by atoms with Gasteiger partial charge in [-0.2, -0.15) is 13.2 Å². The minimum absolute atomic E-state index is 0.299. The van der Waals surface area contributed by atoms with E-state index in [1.165, 1.54) is 0 Å². The second kappa shape index (κ2) is 2.57. The molecule has 60 valence electrons. The van der Waals surface area contributed by atoms with Crippen LogP contribution < -0.4 is 0 Å². The van der Waals surface area contributed by atoms with E-state index in [1.807, 2.05) is 0 Å². The lowest BCUT2D eigenvalue weighted by Gasteiger charge is -2.22. The molecule has 0 fully saturated rings. The second-order valence-electron chi connectivity index (χ2n) is 2.19. The summed E-state index contributed by atoms with van der Waals surface area (Å²) in [4.78, 5) is 9.82. The average molecular weight is 156 g/mol. The molecule has 0 aromatic heterocycles. The van der Waals surface area contributed by atoms with Crippen molar-refractivity contribution >= 4 is 6.29 Å². The third-order valence-corrected chi connectivity index (χ3v) is 1.24. The molecular weight excluding hydrogens is 149 g/mol. The smallest absolute Gasteiger partial charge is 0.395 e. The van der Waals surface area contributed by atoms with Crippen molar-refractivity contribution in [3.8, 4) is 0 Å². The summed E-state index contributed by atoms with van der Waals surface area (Å²) in [5.74, 6) is 0. The molecule has 0 aliphatic rings. The molecule has 0 saturated heterocycles. The fourth-order valence-electron chi connectivity index (χ4n) is 0.194. The van der Waals surface area contributed by atoms with Gasteiger partial charge in [0.05, 0.1) is 6.61 Å². The van der Waals surface area contributed by atoms with E-state index in [0.29, 0.717) is 6.92 Å². The summed E-state index contributed by atoms with van der Waals surface area (Å²) < 4.78 is 35.1. The van der Waals surface area contributed by atoms with Crippen LogP contribution in [0.3, 0.4) is 0 Å². The van der Waals surface area contributed by atoms with Crippen molar-refractivity contribution in [2.24, 2.45) is 5.41 Å². The zero-order chi connectivity index (χ0) is 8.41. The minimum Gasteiger partial charge on any atom is -0.395 e. The molecule has 0 unspecified atom stereocenters. The van der Waals surface area contributed by atoms with E-state index in [4.69, 9.17) is 5.11 Å². The summed E-state index contributed by atoms with van der Waals surface area (Å²) in [6.45, 7) is -0.569. The quantitative estimate of drug-likeness (QED) is 0.599. The first kappa shape index (κ1) is 9.42. The van der Waals surface area contributed by atoms with Gasteiger partial charge in [-0.1, -0.05) is 0 Å². The molecule has 0 heterocycles. The monoisotopic (exact) mass is 156 g/mol. The van der Waals surface area contributed by atoms with Crippen molar-refractivity contribution in [2.75, 3.05) is 6.61 Å². The molecule has 0 aromatic rings. The topological polar surface area (TPSA) is 37.3 Å². The molecule has 2 nitrogen and oxygen atoms in total. The SMILES string of the molecule is C[C@](C=O)(CO)C(F)(F)F. The molecular formula is C5H7F3O2. The van der Waals surface area contributed by atoms with Crippen molar-refractivity contribution in [3.05, 3.63) is 0 Å². The number of alkyl halides is 3. The Balaban J connectivity index is 4.48. The van der Waals surface area contributed by atoms with E-state index in [-0.39, 0.29) is 6.29 Å². The summed E-state index contributed by atoms with van der Waals surface area (Å²) in [6.07, 6.45) is -4.96. The lowest BCUT2D eigenvalue weighted by molar-refractivity contribution is -0.217. The van der Waals surface area contributed by atoms with Crippen LogP contribution >= 0.6 is 0 Å². The van der Waals surface area contributed by atoms with Crippen molar-refractivity contribution in [3.63, 3.8) is 0 Å². The first-order valence-electron chi connectivity index (χ1n) is 2.51. The zero-order valence-corrected chi connectivity index (χ0v) is 5.27. The maximum atomic E-state index is 11.7. The molecule has 0 aromatic carbocycles. The summed E-state index contributed by atoms with van der Waals surface area (Å²) >= 11 is 0. The number of aliphatic hydroxyl groups is 1. The van der Waals surface area contributed by atoms with Crippen LogP contribution in [0.25, 0.3) is 0 Å². The van der Waals surface area contributed by atoms with Gasteiger partial charge >= 0.3 is 6.18 Å². The third kappa shape index (κ3) is 1.47. The van der Waals surface area contributed by atoms with Crippen LogP contribution in [-0.2, 0) is 4.79 Å². The van der Waals surface area contributed by atoms with Crippen molar-refractivity contribution in [1.29, 1.82) is 0 Å². The molecule has 0 rings (SSSR count). The van der Waals surface area contributed by atoms with Crippen molar-refractivity contribution in [2.45, 2.75) is 13.1 Å². The number of aldehydes is 1. The molecule has 10 heavy (non-hydrogen) atoms. The Kier molecular flexibility index (Phi) is 2.42. The molecule has 1 N–H and O–H groups in total. The highest BCUT2D eigenvalue weighted by atomic mass is 19.4. The predicted molar refractivity (Wildman–Crippen MR) is 27.3 cm³/mol. The first-order chi connectivity index (χ1) is 4.37.